The number of ether oxygens (including phenoxy) is 1. The second-order valence-corrected chi connectivity index (χ2v) is 7.43. The molecule has 0 radical (unpaired) electrons. The molecule has 0 bridgehead atoms. The zero-order chi connectivity index (χ0) is 19.2. The normalized spacial score (nSPS) is 12.1. The van der Waals surface area contributed by atoms with E-state index in [1.807, 2.05) is 43.3 Å². The van der Waals surface area contributed by atoms with Crippen LogP contribution in [0.25, 0.3) is 10.8 Å². The molecule has 0 aliphatic carbocycles. The Labute approximate surface area is 161 Å². The molecule has 0 aliphatic heterocycles. The Hall–Kier alpha value is -2.81. The second-order valence-electron chi connectivity index (χ2n) is 7.43. The van der Waals surface area contributed by atoms with Crippen molar-refractivity contribution in [3.8, 4) is 5.75 Å². The molecular weight excluding hydrogens is 334 g/mol. The first-order valence-electron chi connectivity index (χ1n) is 9.51. The number of hydrogen-bond acceptors (Lipinski definition) is 2. The van der Waals surface area contributed by atoms with Gasteiger partial charge >= 0.3 is 0 Å². The molecule has 0 aliphatic rings. The number of carbonyl (C=O) groups is 1. The monoisotopic (exact) mass is 361 g/mol. The Bertz CT molecular complexity index is 900. The summed E-state index contributed by atoms with van der Waals surface area (Å²) in [5.74, 6) is 1.22. The van der Waals surface area contributed by atoms with Crippen LogP contribution in [-0.2, 0) is 11.2 Å². The second kappa shape index (κ2) is 8.72. The molecule has 3 nitrogen and oxygen atoms in total. The Balaban J connectivity index is 1.53. The predicted molar refractivity (Wildman–Crippen MR) is 111 cm³/mol. The number of amides is 1. The summed E-state index contributed by atoms with van der Waals surface area (Å²) in [4.78, 5) is 12.2. The summed E-state index contributed by atoms with van der Waals surface area (Å²) < 4.78 is 5.66. The van der Waals surface area contributed by atoms with Crippen LogP contribution >= 0.6 is 0 Å². The van der Waals surface area contributed by atoms with Crippen molar-refractivity contribution in [3.05, 3.63) is 77.9 Å². The predicted octanol–water partition coefficient (Wildman–Crippen LogP) is 5.29. The van der Waals surface area contributed by atoms with Crippen molar-refractivity contribution in [1.82, 2.24) is 5.32 Å². The molecule has 0 unspecified atom stereocenters. The smallest absolute Gasteiger partial charge is 0.258 e. The molecule has 0 aromatic heterocycles. The van der Waals surface area contributed by atoms with Crippen LogP contribution in [0.4, 0.5) is 0 Å². The fraction of sp³-hybridized carbons (Fsp3) is 0.292. The van der Waals surface area contributed by atoms with Crippen LogP contribution in [0.2, 0.25) is 0 Å². The molecule has 3 heteroatoms. The van der Waals surface area contributed by atoms with Gasteiger partial charge in [-0.1, -0.05) is 68.4 Å². The zero-order valence-electron chi connectivity index (χ0n) is 16.2. The van der Waals surface area contributed by atoms with Crippen molar-refractivity contribution in [3.63, 3.8) is 0 Å². The topological polar surface area (TPSA) is 38.3 Å². The van der Waals surface area contributed by atoms with E-state index in [1.165, 1.54) is 5.56 Å². The summed E-state index contributed by atoms with van der Waals surface area (Å²) in [7, 11) is 0. The van der Waals surface area contributed by atoms with E-state index in [1.54, 1.807) is 0 Å². The summed E-state index contributed by atoms with van der Waals surface area (Å²) in [6, 6.07) is 22.4. The fourth-order valence-electron chi connectivity index (χ4n) is 3.19. The summed E-state index contributed by atoms with van der Waals surface area (Å²) in [6.45, 7) is 6.43. The highest BCUT2D eigenvalue weighted by atomic mass is 16.5. The highest BCUT2D eigenvalue weighted by Gasteiger charge is 2.10. The van der Waals surface area contributed by atoms with Crippen LogP contribution in [0.3, 0.4) is 0 Å². The fourth-order valence-corrected chi connectivity index (χ4v) is 3.19. The number of rotatable bonds is 7. The van der Waals surface area contributed by atoms with E-state index >= 15 is 0 Å². The molecule has 3 rings (SSSR count). The third-order valence-electron chi connectivity index (χ3n) is 4.59. The van der Waals surface area contributed by atoms with Crippen LogP contribution in [0.15, 0.2) is 66.7 Å². The van der Waals surface area contributed by atoms with Crippen LogP contribution in [0, 0.1) is 5.92 Å². The Morgan fingerprint density at radius 1 is 0.926 bits per heavy atom. The number of nitrogens with one attached hydrogen (secondary N) is 1. The standard InChI is InChI=1S/C24H27NO2/c1-17(2)14-19-8-10-20(11-9-19)18(3)25-24(26)16-27-23-13-12-21-6-4-5-7-22(21)15-23/h4-13,15,17-18H,14,16H2,1-3H3,(H,25,26)/t18-/m1/s1. The Kier molecular flexibility index (Phi) is 6.12. The zero-order valence-corrected chi connectivity index (χ0v) is 16.2. The van der Waals surface area contributed by atoms with Gasteiger partial charge in [-0.05, 0) is 53.3 Å². The summed E-state index contributed by atoms with van der Waals surface area (Å²) >= 11 is 0. The van der Waals surface area contributed by atoms with Gasteiger partial charge in [0.05, 0.1) is 6.04 Å². The maximum Gasteiger partial charge on any atom is 0.258 e. The number of benzene rings is 3. The highest BCUT2D eigenvalue weighted by Crippen LogP contribution is 2.20. The lowest BCUT2D eigenvalue weighted by Crippen LogP contribution is -2.31. The maximum atomic E-state index is 12.2. The maximum absolute atomic E-state index is 12.2. The molecule has 0 fully saturated rings. The van der Waals surface area contributed by atoms with E-state index in [2.05, 4.69) is 49.5 Å². The largest absolute Gasteiger partial charge is 0.484 e. The Morgan fingerprint density at radius 3 is 2.33 bits per heavy atom. The molecule has 27 heavy (non-hydrogen) atoms. The van der Waals surface area contributed by atoms with Crippen molar-refractivity contribution in [2.45, 2.75) is 33.2 Å². The summed E-state index contributed by atoms with van der Waals surface area (Å²) in [5, 5.41) is 5.26. The molecular formula is C24H27NO2. The lowest BCUT2D eigenvalue weighted by Gasteiger charge is -2.16. The Morgan fingerprint density at radius 2 is 1.63 bits per heavy atom. The third-order valence-corrected chi connectivity index (χ3v) is 4.59. The van der Waals surface area contributed by atoms with Crippen molar-refractivity contribution in [1.29, 1.82) is 0 Å². The van der Waals surface area contributed by atoms with Crippen molar-refractivity contribution < 1.29 is 9.53 Å². The van der Waals surface area contributed by atoms with Crippen LogP contribution in [-0.4, -0.2) is 12.5 Å². The van der Waals surface area contributed by atoms with Gasteiger partial charge in [-0.15, -0.1) is 0 Å². The van der Waals surface area contributed by atoms with Gasteiger partial charge in [0.15, 0.2) is 6.61 Å². The average molecular weight is 361 g/mol. The first-order chi connectivity index (χ1) is 13.0. The first-order valence-corrected chi connectivity index (χ1v) is 9.51. The van der Waals surface area contributed by atoms with Crippen LogP contribution < -0.4 is 10.1 Å². The number of carbonyl (C=O) groups excluding carboxylic acids is 1. The van der Waals surface area contributed by atoms with E-state index in [4.69, 9.17) is 4.74 Å². The number of hydrogen-bond donors (Lipinski definition) is 1. The molecule has 3 aromatic rings. The average Bonchev–Trinajstić information content (AvgIpc) is 2.66. The van der Waals surface area contributed by atoms with Crippen LogP contribution in [0.5, 0.6) is 5.75 Å². The molecule has 0 heterocycles. The van der Waals surface area contributed by atoms with E-state index in [0.717, 1.165) is 22.8 Å². The molecule has 0 saturated carbocycles. The molecule has 1 amide bonds. The van der Waals surface area contributed by atoms with E-state index in [0.29, 0.717) is 11.7 Å². The lowest BCUT2D eigenvalue weighted by molar-refractivity contribution is -0.123. The summed E-state index contributed by atoms with van der Waals surface area (Å²) in [5.41, 5.74) is 2.42. The van der Waals surface area contributed by atoms with E-state index < -0.39 is 0 Å². The van der Waals surface area contributed by atoms with Gasteiger partial charge in [0.25, 0.3) is 5.91 Å². The van der Waals surface area contributed by atoms with Gasteiger partial charge in [0, 0.05) is 0 Å². The first kappa shape index (κ1) is 19.0. The van der Waals surface area contributed by atoms with Crippen molar-refractivity contribution >= 4 is 16.7 Å². The van der Waals surface area contributed by atoms with Gasteiger partial charge in [0.1, 0.15) is 5.75 Å². The van der Waals surface area contributed by atoms with Gasteiger partial charge in [-0.2, -0.15) is 0 Å². The quantitative estimate of drug-likeness (QED) is 0.620. The minimum atomic E-state index is -0.123. The summed E-state index contributed by atoms with van der Waals surface area (Å²) in [6.07, 6.45) is 1.07. The van der Waals surface area contributed by atoms with Gasteiger partial charge in [-0.3, -0.25) is 4.79 Å². The van der Waals surface area contributed by atoms with Crippen molar-refractivity contribution in [2.75, 3.05) is 6.61 Å². The molecule has 3 aromatic carbocycles. The molecule has 1 atom stereocenters. The molecule has 0 saturated heterocycles. The number of fused-ring (bicyclic) bond motifs is 1. The van der Waals surface area contributed by atoms with E-state index in [9.17, 15) is 4.79 Å². The van der Waals surface area contributed by atoms with E-state index in [-0.39, 0.29) is 18.6 Å². The minimum absolute atomic E-state index is 0.00805. The minimum Gasteiger partial charge on any atom is -0.484 e. The molecule has 0 spiro atoms. The van der Waals surface area contributed by atoms with Gasteiger partial charge in [0.2, 0.25) is 0 Å². The van der Waals surface area contributed by atoms with Gasteiger partial charge < -0.3 is 10.1 Å². The molecule has 1 N–H and O–H groups in total. The van der Waals surface area contributed by atoms with Gasteiger partial charge in [-0.25, -0.2) is 0 Å². The SMILES string of the molecule is CC(C)Cc1ccc([C@@H](C)NC(=O)COc2ccc3ccccc3c2)cc1. The highest BCUT2D eigenvalue weighted by molar-refractivity contribution is 5.84. The van der Waals surface area contributed by atoms with Crippen LogP contribution in [0.1, 0.15) is 37.9 Å². The molecule has 140 valence electrons. The third kappa shape index (κ3) is 5.33. The lowest BCUT2D eigenvalue weighted by atomic mass is 10.00. The van der Waals surface area contributed by atoms with Crippen molar-refractivity contribution in [2.24, 2.45) is 5.92 Å².